The van der Waals surface area contributed by atoms with E-state index < -0.39 is 34.4 Å². The molecule has 132 valence electrons. The molecule has 23 heavy (non-hydrogen) atoms. The van der Waals surface area contributed by atoms with Gasteiger partial charge in [0.25, 0.3) is 0 Å². The minimum Gasteiger partial charge on any atom is -1.00 e. The van der Waals surface area contributed by atoms with Crippen molar-refractivity contribution in [2.45, 2.75) is 77.7 Å². The van der Waals surface area contributed by atoms with Crippen LogP contribution in [0.3, 0.4) is 0 Å². The molecule has 0 heterocycles. The first-order valence-corrected chi connectivity index (χ1v) is 8.96. The van der Waals surface area contributed by atoms with Crippen LogP contribution in [0.5, 0.6) is 0 Å². The fraction of sp³-hybridized carbons (Fsp3) is 0.857. The molecule has 0 bridgehead atoms. The Balaban J connectivity index is -0.00000220. The van der Waals surface area contributed by atoms with Gasteiger partial charge in [0, 0.05) is 0 Å². The normalized spacial score (nSPS) is 11.5. The first kappa shape index (κ1) is 25.1. The summed E-state index contributed by atoms with van der Waals surface area (Å²) in [6.45, 7) is 5.97. The Morgan fingerprint density at radius 3 is 2.00 bits per heavy atom. The number of hydrogen-bond acceptors (Lipinski definition) is 6. The van der Waals surface area contributed by atoms with Gasteiger partial charge in [0.2, 0.25) is 0 Å². The van der Waals surface area contributed by atoms with E-state index in [4.69, 9.17) is 9.29 Å². The van der Waals surface area contributed by atoms with E-state index in [2.05, 4.69) is 11.1 Å². The molecule has 0 amide bonds. The molecule has 0 spiro atoms. The zero-order valence-electron chi connectivity index (χ0n) is 15.5. The third-order valence-corrected chi connectivity index (χ3v) is 3.98. The first-order chi connectivity index (χ1) is 10.2. The van der Waals surface area contributed by atoms with Gasteiger partial charge < -0.3 is 10.3 Å². The molecule has 1 N–H and O–H groups in total. The van der Waals surface area contributed by atoms with E-state index in [1.807, 2.05) is 13.8 Å². The van der Waals surface area contributed by atoms with E-state index in [0.717, 1.165) is 25.7 Å². The van der Waals surface area contributed by atoms with Crippen LogP contribution < -0.4 is 29.6 Å². The molecule has 7 nitrogen and oxygen atoms in total. The molecule has 0 aliphatic rings. The fourth-order valence-corrected chi connectivity index (χ4v) is 2.47. The molecule has 0 aromatic heterocycles. The number of unbranched alkanes of at least 4 members (excludes halogenated alkanes) is 2. The second-order valence-electron chi connectivity index (χ2n) is 5.20. The number of ether oxygens (including phenoxy) is 1. The summed E-state index contributed by atoms with van der Waals surface area (Å²) in [5.74, 6) is -1.77. The fourth-order valence-electron chi connectivity index (χ4n) is 2.15. The van der Waals surface area contributed by atoms with Crippen molar-refractivity contribution in [1.82, 2.24) is 0 Å². The number of esters is 1. The van der Waals surface area contributed by atoms with E-state index in [9.17, 15) is 18.0 Å². The van der Waals surface area contributed by atoms with Crippen molar-refractivity contribution in [2.75, 3.05) is 0 Å². The van der Waals surface area contributed by atoms with Gasteiger partial charge in [-0.25, -0.2) is 0 Å². The monoisotopic (exact) mass is 362 g/mol. The maximum absolute atomic E-state index is 11.8. The summed E-state index contributed by atoms with van der Waals surface area (Å²) in [6.07, 6.45) is 4.44. The Morgan fingerprint density at radius 1 is 1.04 bits per heavy atom. The summed E-state index contributed by atoms with van der Waals surface area (Å²) in [5.41, 5.74) is -0.542. The summed E-state index contributed by atoms with van der Waals surface area (Å²) in [5, 5.41) is 0. The van der Waals surface area contributed by atoms with E-state index in [0.29, 0.717) is 12.8 Å². The standard InChI is InChI=1S/C14H26O7S.Na.H/c1-4-7-8-11-14(5-2,6-3)20-12(15)9-10-13(16)21-22(17,18)19;;/h4-11H2,1-3H3,(H,17,18,19);;/q;+1;-1. The van der Waals surface area contributed by atoms with E-state index in [1.54, 1.807) is 0 Å². The van der Waals surface area contributed by atoms with Crippen LogP contribution >= 0.6 is 0 Å². The van der Waals surface area contributed by atoms with E-state index in [1.165, 1.54) is 0 Å². The summed E-state index contributed by atoms with van der Waals surface area (Å²) in [7, 11) is -4.83. The van der Waals surface area contributed by atoms with Crippen LogP contribution in [0.4, 0.5) is 0 Å². The third kappa shape index (κ3) is 11.9. The first-order valence-electron chi connectivity index (χ1n) is 7.59. The molecule has 0 radical (unpaired) electrons. The van der Waals surface area contributed by atoms with Crippen molar-refractivity contribution < 1.29 is 62.5 Å². The van der Waals surface area contributed by atoms with Crippen LogP contribution in [0.15, 0.2) is 0 Å². The van der Waals surface area contributed by atoms with Crippen molar-refractivity contribution in [2.24, 2.45) is 0 Å². The van der Waals surface area contributed by atoms with Crippen molar-refractivity contribution in [3.05, 3.63) is 0 Å². The quantitative estimate of drug-likeness (QED) is 0.237. The SMILES string of the molecule is CCCCCC(CC)(CC)OC(=O)CCC(=O)OS(=O)(=O)O.[H-].[Na+]. The molecule has 0 saturated carbocycles. The average Bonchev–Trinajstić information content (AvgIpc) is 2.42. The third-order valence-electron chi connectivity index (χ3n) is 3.59. The average molecular weight is 362 g/mol. The van der Waals surface area contributed by atoms with E-state index >= 15 is 0 Å². The zero-order valence-corrected chi connectivity index (χ0v) is 17.3. The van der Waals surface area contributed by atoms with Crippen LogP contribution in [-0.2, 0) is 28.9 Å². The second kappa shape index (κ2) is 12.2. The summed E-state index contributed by atoms with van der Waals surface area (Å²) < 4.78 is 38.3. The van der Waals surface area contributed by atoms with Gasteiger partial charge in [-0.2, -0.15) is 8.42 Å². The second-order valence-corrected chi connectivity index (χ2v) is 6.23. The Hall–Kier alpha value is -0.150. The largest absolute Gasteiger partial charge is 1.00 e. The molecule has 0 unspecified atom stereocenters. The van der Waals surface area contributed by atoms with Crippen molar-refractivity contribution in [1.29, 1.82) is 0 Å². The minimum atomic E-state index is -4.83. The van der Waals surface area contributed by atoms with Crippen molar-refractivity contribution in [3.63, 3.8) is 0 Å². The van der Waals surface area contributed by atoms with Gasteiger partial charge in [-0.1, -0.05) is 33.6 Å². The molecular formula is C14H27NaO7S. The summed E-state index contributed by atoms with van der Waals surface area (Å²) in [4.78, 5) is 22.9. The summed E-state index contributed by atoms with van der Waals surface area (Å²) in [6, 6.07) is 0. The smallest absolute Gasteiger partial charge is 1.00 e. The van der Waals surface area contributed by atoms with E-state index in [-0.39, 0.29) is 37.4 Å². The Morgan fingerprint density at radius 2 is 1.57 bits per heavy atom. The van der Waals surface area contributed by atoms with Gasteiger partial charge in [0.1, 0.15) is 5.60 Å². The van der Waals surface area contributed by atoms with Crippen LogP contribution in [0.25, 0.3) is 0 Å². The molecule has 0 aliphatic carbocycles. The van der Waals surface area contributed by atoms with Gasteiger partial charge in [0.05, 0.1) is 12.8 Å². The van der Waals surface area contributed by atoms with Crippen molar-refractivity contribution >= 4 is 22.3 Å². The maximum Gasteiger partial charge on any atom is 1.00 e. The number of carbonyl (C=O) groups excluding carboxylic acids is 2. The molecule has 0 fully saturated rings. The van der Waals surface area contributed by atoms with Gasteiger partial charge in [0.15, 0.2) is 0 Å². The van der Waals surface area contributed by atoms with Crippen LogP contribution in [0, 0.1) is 0 Å². The molecule has 0 aromatic carbocycles. The Kier molecular flexibility index (Phi) is 13.4. The number of carbonyl (C=O) groups is 2. The van der Waals surface area contributed by atoms with Crippen LogP contribution in [0.1, 0.15) is 73.6 Å². The molecule has 0 aromatic rings. The van der Waals surface area contributed by atoms with Gasteiger partial charge >= 0.3 is 51.9 Å². The molecule has 0 atom stereocenters. The zero-order chi connectivity index (χ0) is 17.2. The van der Waals surface area contributed by atoms with Crippen LogP contribution in [-0.4, -0.2) is 30.5 Å². The van der Waals surface area contributed by atoms with Gasteiger partial charge in [-0.3, -0.25) is 14.1 Å². The predicted molar refractivity (Wildman–Crippen MR) is 81.5 cm³/mol. The Bertz CT molecular complexity index is 464. The number of rotatable bonds is 11. The topological polar surface area (TPSA) is 107 Å². The number of hydrogen-bond donors (Lipinski definition) is 1. The maximum atomic E-state index is 11.8. The summed E-state index contributed by atoms with van der Waals surface area (Å²) >= 11 is 0. The molecule has 9 heteroatoms. The molecule has 0 aliphatic heterocycles. The molecular weight excluding hydrogens is 335 g/mol. The minimum absolute atomic E-state index is 0. The molecule has 0 rings (SSSR count). The van der Waals surface area contributed by atoms with Crippen LogP contribution in [0.2, 0.25) is 0 Å². The Labute approximate surface area is 162 Å². The van der Waals surface area contributed by atoms with Gasteiger partial charge in [-0.15, -0.1) is 0 Å². The van der Waals surface area contributed by atoms with Crippen molar-refractivity contribution in [3.8, 4) is 0 Å². The van der Waals surface area contributed by atoms with Gasteiger partial charge in [-0.05, 0) is 25.7 Å². The predicted octanol–water partition coefficient (Wildman–Crippen LogP) is -0.0886. The molecule has 0 saturated heterocycles.